The fourth-order valence-corrected chi connectivity index (χ4v) is 1.55. The van der Waals surface area contributed by atoms with Crippen LogP contribution in [0.5, 0.6) is 11.5 Å². The lowest BCUT2D eigenvalue weighted by Crippen LogP contribution is -2.13. The monoisotopic (exact) mass is 259 g/mol. The molecule has 98 valence electrons. The van der Waals surface area contributed by atoms with Crippen LogP contribution in [0.25, 0.3) is 0 Å². The van der Waals surface area contributed by atoms with E-state index < -0.39 is 5.91 Å². The molecule has 2 rings (SSSR count). The quantitative estimate of drug-likeness (QED) is 0.728. The molecule has 4 N–H and O–H groups in total. The Labute approximate surface area is 109 Å². The Morgan fingerprint density at radius 2 is 2.21 bits per heavy atom. The van der Waals surface area contributed by atoms with Gasteiger partial charge in [-0.15, -0.1) is 0 Å². The van der Waals surface area contributed by atoms with Gasteiger partial charge in [0, 0.05) is 12.3 Å². The van der Waals surface area contributed by atoms with Crippen molar-refractivity contribution in [1.29, 1.82) is 0 Å². The molecule has 0 spiro atoms. The van der Waals surface area contributed by atoms with E-state index in [4.69, 9.17) is 10.5 Å². The smallest absolute Gasteiger partial charge is 0.259 e. The zero-order valence-corrected chi connectivity index (χ0v) is 10.3. The van der Waals surface area contributed by atoms with E-state index in [-0.39, 0.29) is 11.3 Å². The summed E-state index contributed by atoms with van der Waals surface area (Å²) in [6.07, 6.45) is 2.62. The number of pyridine rings is 1. The lowest BCUT2D eigenvalue weighted by Gasteiger charge is -2.10. The summed E-state index contributed by atoms with van der Waals surface area (Å²) in [5, 5.41) is 12.1. The third-order valence-corrected chi connectivity index (χ3v) is 2.55. The predicted octanol–water partition coefficient (Wildman–Crippen LogP) is 1.63. The van der Waals surface area contributed by atoms with E-state index in [1.165, 1.54) is 25.6 Å². The van der Waals surface area contributed by atoms with E-state index in [0.717, 1.165) is 0 Å². The van der Waals surface area contributed by atoms with Crippen LogP contribution in [-0.2, 0) is 0 Å². The number of nitrogen functional groups attached to an aromatic ring is 1. The molecule has 0 fully saturated rings. The van der Waals surface area contributed by atoms with Gasteiger partial charge in [-0.25, -0.2) is 0 Å². The molecule has 2 aromatic rings. The zero-order valence-electron chi connectivity index (χ0n) is 10.3. The molecule has 0 atom stereocenters. The SMILES string of the molecule is COc1ccc(NC(=O)c2ccncc2O)c(N)c1. The zero-order chi connectivity index (χ0) is 13.8. The Balaban J connectivity index is 2.22. The molecule has 0 bridgehead atoms. The van der Waals surface area contributed by atoms with E-state index in [1.807, 2.05) is 0 Å². The molecule has 0 saturated carbocycles. The van der Waals surface area contributed by atoms with Gasteiger partial charge < -0.3 is 20.9 Å². The van der Waals surface area contributed by atoms with Gasteiger partial charge in [0.05, 0.1) is 30.2 Å². The second kappa shape index (κ2) is 5.26. The van der Waals surface area contributed by atoms with E-state index in [2.05, 4.69) is 10.3 Å². The number of carbonyl (C=O) groups is 1. The van der Waals surface area contributed by atoms with Crippen molar-refractivity contribution in [3.05, 3.63) is 42.2 Å². The number of nitrogens with one attached hydrogen (secondary N) is 1. The van der Waals surface area contributed by atoms with Gasteiger partial charge in [-0.3, -0.25) is 9.78 Å². The number of benzene rings is 1. The summed E-state index contributed by atoms with van der Waals surface area (Å²) in [5.41, 5.74) is 6.74. The fraction of sp³-hybridized carbons (Fsp3) is 0.0769. The van der Waals surface area contributed by atoms with Crippen molar-refractivity contribution in [3.63, 3.8) is 0 Å². The van der Waals surface area contributed by atoms with Crippen LogP contribution >= 0.6 is 0 Å². The average molecular weight is 259 g/mol. The first kappa shape index (κ1) is 12.7. The number of nitrogens with zero attached hydrogens (tertiary/aromatic N) is 1. The Bertz CT molecular complexity index is 614. The Hall–Kier alpha value is -2.76. The molecule has 1 heterocycles. The number of nitrogens with two attached hydrogens (primary N) is 1. The molecule has 0 aliphatic heterocycles. The minimum Gasteiger partial charge on any atom is -0.505 e. The van der Waals surface area contributed by atoms with Gasteiger partial charge in [-0.05, 0) is 18.2 Å². The van der Waals surface area contributed by atoms with Gasteiger partial charge in [0.1, 0.15) is 11.5 Å². The molecule has 0 unspecified atom stereocenters. The molecule has 1 aromatic heterocycles. The maximum absolute atomic E-state index is 12.0. The lowest BCUT2D eigenvalue weighted by molar-refractivity contribution is 0.102. The molecule has 6 heteroatoms. The number of anilines is 2. The molecular weight excluding hydrogens is 246 g/mol. The van der Waals surface area contributed by atoms with Crippen molar-refractivity contribution in [3.8, 4) is 11.5 Å². The summed E-state index contributed by atoms with van der Waals surface area (Å²) < 4.78 is 5.02. The minimum atomic E-state index is -0.461. The molecule has 0 radical (unpaired) electrons. The molecule has 0 aliphatic carbocycles. The van der Waals surface area contributed by atoms with Crippen LogP contribution in [0.1, 0.15) is 10.4 Å². The molecule has 6 nitrogen and oxygen atoms in total. The summed E-state index contributed by atoms with van der Waals surface area (Å²) >= 11 is 0. The first-order chi connectivity index (χ1) is 9.11. The third kappa shape index (κ3) is 2.74. The van der Waals surface area contributed by atoms with Gasteiger partial charge in [0.15, 0.2) is 0 Å². The predicted molar refractivity (Wildman–Crippen MR) is 71.3 cm³/mol. The number of carbonyl (C=O) groups excluding carboxylic acids is 1. The number of hydrogen-bond acceptors (Lipinski definition) is 5. The minimum absolute atomic E-state index is 0.130. The number of ether oxygens (including phenoxy) is 1. The van der Waals surface area contributed by atoms with Crippen molar-refractivity contribution < 1.29 is 14.6 Å². The van der Waals surface area contributed by atoms with Crippen molar-refractivity contribution in [2.45, 2.75) is 0 Å². The van der Waals surface area contributed by atoms with Crippen LogP contribution in [0.4, 0.5) is 11.4 Å². The maximum atomic E-state index is 12.0. The summed E-state index contributed by atoms with van der Waals surface area (Å²) in [4.78, 5) is 15.7. The van der Waals surface area contributed by atoms with Crippen LogP contribution in [0, 0.1) is 0 Å². The van der Waals surface area contributed by atoms with Crippen LogP contribution < -0.4 is 15.8 Å². The Kier molecular flexibility index (Phi) is 3.51. The number of amides is 1. The Morgan fingerprint density at radius 3 is 2.84 bits per heavy atom. The van der Waals surface area contributed by atoms with Crippen molar-refractivity contribution in [1.82, 2.24) is 4.98 Å². The van der Waals surface area contributed by atoms with Gasteiger partial charge in [-0.1, -0.05) is 0 Å². The highest BCUT2D eigenvalue weighted by molar-refractivity contribution is 6.07. The third-order valence-electron chi connectivity index (χ3n) is 2.55. The lowest BCUT2D eigenvalue weighted by atomic mass is 10.2. The topological polar surface area (TPSA) is 97.5 Å². The normalized spacial score (nSPS) is 9.95. The van der Waals surface area contributed by atoms with Gasteiger partial charge in [0.2, 0.25) is 0 Å². The van der Waals surface area contributed by atoms with Crippen LogP contribution in [0.2, 0.25) is 0 Å². The number of methoxy groups -OCH3 is 1. The molecule has 0 saturated heterocycles. The van der Waals surface area contributed by atoms with E-state index in [0.29, 0.717) is 17.1 Å². The molecular formula is C13H13N3O3. The Morgan fingerprint density at radius 1 is 1.42 bits per heavy atom. The highest BCUT2D eigenvalue weighted by Crippen LogP contribution is 2.25. The molecule has 1 amide bonds. The second-order valence-corrected chi connectivity index (χ2v) is 3.80. The summed E-state index contributed by atoms with van der Waals surface area (Å²) in [6, 6.07) is 6.33. The molecule has 1 aromatic carbocycles. The summed E-state index contributed by atoms with van der Waals surface area (Å²) in [5.74, 6) is -0.0499. The van der Waals surface area contributed by atoms with Crippen LogP contribution in [-0.4, -0.2) is 23.1 Å². The largest absolute Gasteiger partial charge is 0.505 e. The van der Waals surface area contributed by atoms with Gasteiger partial charge in [0.25, 0.3) is 5.91 Å². The molecule has 0 aliphatic rings. The average Bonchev–Trinajstić information content (AvgIpc) is 2.41. The van der Waals surface area contributed by atoms with Crippen molar-refractivity contribution in [2.24, 2.45) is 0 Å². The first-order valence-corrected chi connectivity index (χ1v) is 5.49. The van der Waals surface area contributed by atoms with Crippen molar-refractivity contribution >= 4 is 17.3 Å². The van der Waals surface area contributed by atoms with Gasteiger partial charge in [-0.2, -0.15) is 0 Å². The second-order valence-electron chi connectivity index (χ2n) is 3.80. The molecule has 19 heavy (non-hydrogen) atoms. The number of rotatable bonds is 3. The fourth-order valence-electron chi connectivity index (χ4n) is 1.55. The van der Waals surface area contributed by atoms with Gasteiger partial charge >= 0.3 is 0 Å². The first-order valence-electron chi connectivity index (χ1n) is 5.49. The number of aromatic nitrogens is 1. The standard InChI is InChI=1S/C13H13N3O3/c1-19-8-2-3-11(10(14)6-8)16-13(18)9-4-5-15-7-12(9)17/h2-7,17H,14H2,1H3,(H,16,18). The number of hydrogen-bond donors (Lipinski definition) is 3. The summed E-state index contributed by atoms with van der Waals surface area (Å²) in [7, 11) is 1.53. The summed E-state index contributed by atoms with van der Waals surface area (Å²) in [6.45, 7) is 0. The van der Waals surface area contributed by atoms with E-state index >= 15 is 0 Å². The number of aromatic hydroxyl groups is 1. The van der Waals surface area contributed by atoms with E-state index in [1.54, 1.807) is 18.2 Å². The van der Waals surface area contributed by atoms with Crippen LogP contribution in [0.15, 0.2) is 36.7 Å². The van der Waals surface area contributed by atoms with E-state index in [9.17, 15) is 9.90 Å². The maximum Gasteiger partial charge on any atom is 0.259 e. The highest BCUT2D eigenvalue weighted by Gasteiger charge is 2.12. The van der Waals surface area contributed by atoms with Crippen LogP contribution in [0.3, 0.4) is 0 Å². The van der Waals surface area contributed by atoms with Crippen molar-refractivity contribution in [2.75, 3.05) is 18.2 Å². The highest BCUT2D eigenvalue weighted by atomic mass is 16.5.